The second-order valence-electron chi connectivity index (χ2n) is 7.00. The Bertz CT molecular complexity index is 992. The molecule has 2 N–H and O–H groups in total. The number of carbonyl (C=O) groups excluding carboxylic acids is 2. The third-order valence-electron chi connectivity index (χ3n) is 4.77. The van der Waals surface area contributed by atoms with Gasteiger partial charge in [0.1, 0.15) is 11.0 Å². The smallest absolute Gasteiger partial charge is 0.249 e. The number of aromatic nitrogens is 2. The van der Waals surface area contributed by atoms with Crippen LogP contribution in [-0.2, 0) is 16.0 Å². The Morgan fingerprint density at radius 3 is 2.43 bits per heavy atom. The van der Waals surface area contributed by atoms with Crippen molar-refractivity contribution in [1.29, 1.82) is 0 Å². The molecule has 0 aliphatic carbocycles. The molecule has 0 spiro atoms. The van der Waals surface area contributed by atoms with Gasteiger partial charge in [-0.05, 0) is 23.6 Å². The van der Waals surface area contributed by atoms with Crippen LogP contribution in [0.25, 0.3) is 10.6 Å². The Hall–Kier alpha value is -2.58. The average Bonchev–Trinajstić information content (AvgIpc) is 3.21. The van der Waals surface area contributed by atoms with E-state index in [1.165, 1.54) is 11.3 Å². The van der Waals surface area contributed by atoms with Crippen LogP contribution in [-0.4, -0.2) is 28.1 Å². The maximum Gasteiger partial charge on any atom is 0.249 e. The highest BCUT2D eigenvalue weighted by Crippen LogP contribution is 2.27. The molecule has 6 nitrogen and oxygen atoms in total. The molecule has 0 saturated carbocycles. The monoisotopic (exact) mass is 486 g/mol. The Kier molecular flexibility index (Phi) is 7.70. The summed E-state index contributed by atoms with van der Waals surface area (Å²) in [6, 6.07) is 16.5. The van der Waals surface area contributed by atoms with E-state index >= 15 is 0 Å². The zero-order chi connectivity index (χ0) is 21.5. The Morgan fingerprint density at radius 2 is 1.77 bits per heavy atom. The number of nitrogens with zero attached hydrogens (tertiary/aromatic N) is 2. The second kappa shape index (κ2) is 10.4. The molecule has 156 valence electrons. The predicted octanol–water partition coefficient (Wildman–Crippen LogP) is 4.68. The quantitative estimate of drug-likeness (QED) is 0.483. The summed E-state index contributed by atoms with van der Waals surface area (Å²) in [5.74, 6) is -0.498. The minimum Gasteiger partial charge on any atom is -0.344 e. The van der Waals surface area contributed by atoms with E-state index in [1.54, 1.807) is 0 Å². The molecule has 2 aromatic carbocycles. The van der Waals surface area contributed by atoms with Gasteiger partial charge in [-0.25, -0.2) is 0 Å². The van der Waals surface area contributed by atoms with Crippen molar-refractivity contribution in [2.24, 2.45) is 5.92 Å². The minimum atomic E-state index is -0.647. The van der Waals surface area contributed by atoms with Gasteiger partial charge in [-0.2, -0.15) is 0 Å². The predicted molar refractivity (Wildman–Crippen MR) is 123 cm³/mol. The number of rotatable bonds is 8. The van der Waals surface area contributed by atoms with E-state index < -0.39 is 6.04 Å². The Balaban J connectivity index is 1.66. The maximum atomic E-state index is 12.9. The summed E-state index contributed by atoms with van der Waals surface area (Å²) in [4.78, 5) is 25.4. The molecule has 30 heavy (non-hydrogen) atoms. The van der Waals surface area contributed by atoms with Gasteiger partial charge in [0.25, 0.3) is 0 Å². The lowest BCUT2D eigenvalue weighted by atomic mass is 9.98. The third kappa shape index (κ3) is 5.96. The van der Waals surface area contributed by atoms with Crippen LogP contribution in [0.5, 0.6) is 0 Å². The number of amides is 2. The van der Waals surface area contributed by atoms with E-state index in [-0.39, 0.29) is 24.2 Å². The largest absolute Gasteiger partial charge is 0.344 e. The molecule has 3 rings (SSSR count). The van der Waals surface area contributed by atoms with Gasteiger partial charge in [0.15, 0.2) is 0 Å². The summed E-state index contributed by atoms with van der Waals surface area (Å²) in [5, 5.41) is 15.1. The average molecular weight is 487 g/mol. The van der Waals surface area contributed by atoms with Gasteiger partial charge in [0, 0.05) is 10.0 Å². The van der Waals surface area contributed by atoms with Gasteiger partial charge >= 0.3 is 0 Å². The summed E-state index contributed by atoms with van der Waals surface area (Å²) in [7, 11) is 0. The van der Waals surface area contributed by atoms with E-state index in [0.717, 1.165) is 22.0 Å². The molecule has 2 atom stereocenters. The number of benzene rings is 2. The van der Waals surface area contributed by atoms with Crippen molar-refractivity contribution in [2.75, 3.05) is 5.32 Å². The van der Waals surface area contributed by atoms with Gasteiger partial charge in [-0.15, -0.1) is 10.2 Å². The molecular weight excluding hydrogens is 464 g/mol. The summed E-state index contributed by atoms with van der Waals surface area (Å²) >= 11 is 4.70. The zero-order valence-electron chi connectivity index (χ0n) is 16.8. The number of carbonyl (C=O) groups is 2. The van der Waals surface area contributed by atoms with E-state index in [1.807, 2.05) is 68.4 Å². The van der Waals surface area contributed by atoms with Crippen molar-refractivity contribution in [3.63, 3.8) is 0 Å². The normalized spacial score (nSPS) is 12.8. The molecule has 8 heteroatoms. The van der Waals surface area contributed by atoms with Gasteiger partial charge in [0.2, 0.25) is 16.9 Å². The number of hydrogen-bond acceptors (Lipinski definition) is 5. The van der Waals surface area contributed by atoms with Crippen LogP contribution in [0.3, 0.4) is 0 Å². The van der Waals surface area contributed by atoms with Crippen LogP contribution in [0.2, 0.25) is 0 Å². The van der Waals surface area contributed by atoms with Crippen LogP contribution in [0.4, 0.5) is 5.13 Å². The fraction of sp³-hybridized carbons (Fsp3) is 0.273. The molecule has 0 fully saturated rings. The minimum absolute atomic E-state index is 0.0245. The fourth-order valence-corrected chi connectivity index (χ4v) is 3.89. The van der Waals surface area contributed by atoms with Crippen LogP contribution in [0.15, 0.2) is 59.1 Å². The van der Waals surface area contributed by atoms with Crippen LogP contribution in [0.1, 0.15) is 25.8 Å². The molecular formula is C22H23BrN4O2S. The first-order chi connectivity index (χ1) is 14.5. The van der Waals surface area contributed by atoms with Crippen molar-refractivity contribution >= 4 is 44.2 Å². The maximum absolute atomic E-state index is 12.9. The summed E-state index contributed by atoms with van der Waals surface area (Å²) < 4.78 is 0.979. The van der Waals surface area contributed by atoms with E-state index in [4.69, 9.17) is 0 Å². The van der Waals surface area contributed by atoms with E-state index in [0.29, 0.717) is 10.1 Å². The molecule has 0 radical (unpaired) electrons. The summed E-state index contributed by atoms with van der Waals surface area (Å²) in [6.45, 7) is 3.94. The summed E-state index contributed by atoms with van der Waals surface area (Å²) in [5.41, 5.74) is 1.83. The number of hydrogen-bond donors (Lipinski definition) is 2. The first-order valence-corrected chi connectivity index (χ1v) is 11.3. The highest BCUT2D eigenvalue weighted by molar-refractivity contribution is 9.10. The van der Waals surface area contributed by atoms with Gasteiger partial charge in [-0.1, -0.05) is 90.0 Å². The third-order valence-corrected chi connectivity index (χ3v) is 6.18. The standard InChI is InChI=1S/C22H23BrN4O2S/c1-3-14(2)19(24-18(28)13-15-7-5-4-6-8-15)20(29)25-22-27-26-21(30-22)16-9-11-17(23)12-10-16/h4-12,14,19H,3,13H2,1-2H3,(H,24,28)(H,25,27,29). The van der Waals surface area contributed by atoms with Crippen LogP contribution < -0.4 is 10.6 Å². The molecule has 2 amide bonds. The van der Waals surface area contributed by atoms with E-state index in [2.05, 4.69) is 36.8 Å². The number of nitrogens with one attached hydrogen (secondary N) is 2. The molecule has 1 heterocycles. The number of anilines is 1. The summed E-state index contributed by atoms with van der Waals surface area (Å²) in [6.07, 6.45) is 0.984. The number of halogens is 1. The lowest BCUT2D eigenvalue weighted by Crippen LogP contribution is -2.48. The van der Waals surface area contributed by atoms with Crippen LogP contribution >= 0.6 is 27.3 Å². The van der Waals surface area contributed by atoms with Gasteiger partial charge in [0.05, 0.1) is 6.42 Å². The van der Waals surface area contributed by atoms with Crippen molar-refractivity contribution in [1.82, 2.24) is 15.5 Å². The zero-order valence-corrected chi connectivity index (χ0v) is 19.2. The molecule has 2 unspecified atom stereocenters. The fourth-order valence-electron chi connectivity index (χ4n) is 2.87. The van der Waals surface area contributed by atoms with Crippen molar-refractivity contribution < 1.29 is 9.59 Å². The molecule has 0 saturated heterocycles. The van der Waals surface area contributed by atoms with E-state index in [9.17, 15) is 9.59 Å². The van der Waals surface area contributed by atoms with Gasteiger partial charge < -0.3 is 5.32 Å². The highest BCUT2D eigenvalue weighted by Gasteiger charge is 2.27. The second-order valence-corrected chi connectivity index (χ2v) is 8.89. The SMILES string of the molecule is CCC(C)C(NC(=O)Cc1ccccc1)C(=O)Nc1nnc(-c2ccc(Br)cc2)s1. The molecule has 0 aliphatic rings. The Labute approximate surface area is 188 Å². The molecule has 0 bridgehead atoms. The lowest BCUT2D eigenvalue weighted by Gasteiger charge is -2.23. The lowest BCUT2D eigenvalue weighted by molar-refractivity contribution is -0.127. The van der Waals surface area contributed by atoms with Crippen molar-refractivity contribution in [3.05, 3.63) is 64.6 Å². The van der Waals surface area contributed by atoms with Crippen molar-refractivity contribution in [3.8, 4) is 10.6 Å². The topological polar surface area (TPSA) is 84.0 Å². The molecule has 3 aromatic rings. The first kappa shape index (κ1) is 22.1. The van der Waals surface area contributed by atoms with Crippen molar-refractivity contribution in [2.45, 2.75) is 32.7 Å². The Morgan fingerprint density at radius 1 is 1.07 bits per heavy atom. The van der Waals surface area contributed by atoms with Gasteiger partial charge in [-0.3, -0.25) is 14.9 Å². The highest BCUT2D eigenvalue weighted by atomic mass is 79.9. The molecule has 1 aromatic heterocycles. The van der Waals surface area contributed by atoms with Crippen LogP contribution in [0, 0.1) is 5.92 Å². The first-order valence-electron chi connectivity index (χ1n) is 9.70. The molecule has 0 aliphatic heterocycles.